The van der Waals surface area contributed by atoms with Gasteiger partial charge in [0.15, 0.2) is 0 Å². The number of rotatable bonds is 10. The molecular weight excluding hydrogens is 582 g/mol. The second kappa shape index (κ2) is 12.4. The van der Waals surface area contributed by atoms with Crippen LogP contribution in [0.1, 0.15) is 70.2 Å². The average Bonchev–Trinajstić information content (AvgIpc) is 3.55. The van der Waals surface area contributed by atoms with Crippen molar-refractivity contribution in [2.75, 3.05) is 0 Å². The fourth-order valence-corrected chi connectivity index (χ4v) is 6.72. The van der Waals surface area contributed by atoms with E-state index in [1.807, 2.05) is 13.8 Å². The summed E-state index contributed by atoms with van der Waals surface area (Å²) in [6.45, 7) is 3.62. The van der Waals surface area contributed by atoms with E-state index in [0.29, 0.717) is 25.7 Å². The molecule has 2 aromatic heterocycles. The van der Waals surface area contributed by atoms with Gasteiger partial charge in [0, 0.05) is 30.7 Å². The van der Waals surface area contributed by atoms with Crippen molar-refractivity contribution in [1.29, 1.82) is 21.0 Å². The molecule has 0 spiro atoms. The average molecular weight is 605 g/mol. The Morgan fingerprint density at radius 1 is 0.683 bits per heavy atom. The van der Waals surface area contributed by atoms with Crippen molar-refractivity contribution in [3.05, 3.63) is 53.9 Å². The van der Waals surface area contributed by atoms with Crippen molar-refractivity contribution >= 4 is 46.0 Å². The first-order valence-corrected chi connectivity index (χ1v) is 14.2. The SMILES string of the molecule is CCCCc1sc(C=C(C#N)C#N)cc1C1=C(c2cc(C=C(C#N)C#N)sc2CCCC)C(F)(F)C(F)(F)C1(F)F. The van der Waals surface area contributed by atoms with E-state index in [9.17, 15) is 0 Å². The molecule has 0 saturated carbocycles. The van der Waals surface area contributed by atoms with Gasteiger partial charge in [-0.3, -0.25) is 0 Å². The third kappa shape index (κ3) is 5.68. The Hall–Kier alpha value is -3.84. The number of unbranched alkanes of at least 4 members (excludes halogenated alkanes) is 2. The summed E-state index contributed by atoms with van der Waals surface area (Å²) in [5.74, 6) is -16.3. The second-order valence-electron chi connectivity index (χ2n) is 9.21. The van der Waals surface area contributed by atoms with Gasteiger partial charge >= 0.3 is 17.8 Å². The van der Waals surface area contributed by atoms with E-state index in [4.69, 9.17) is 21.0 Å². The summed E-state index contributed by atoms with van der Waals surface area (Å²) in [4.78, 5) is 0.517. The zero-order valence-corrected chi connectivity index (χ0v) is 23.6. The van der Waals surface area contributed by atoms with E-state index in [1.54, 1.807) is 24.3 Å². The third-order valence-corrected chi connectivity index (χ3v) is 8.71. The number of hydrogen-bond donors (Lipinski definition) is 0. The zero-order valence-electron chi connectivity index (χ0n) is 21.9. The molecule has 212 valence electrons. The Labute approximate surface area is 241 Å². The smallest absolute Gasteiger partial charge is 0.194 e. The maximum atomic E-state index is 15.6. The topological polar surface area (TPSA) is 95.2 Å². The molecule has 0 aliphatic heterocycles. The van der Waals surface area contributed by atoms with Crippen LogP contribution in [-0.2, 0) is 12.8 Å². The molecule has 2 aromatic rings. The maximum absolute atomic E-state index is 15.6. The minimum absolute atomic E-state index is 0.109. The molecule has 0 aromatic carbocycles. The summed E-state index contributed by atoms with van der Waals surface area (Å²) >= 11 is 1.73. The second-order valence-corrected chi connectivity index (χ2v) is 11.6. The number of nitrogens with zero attached hydrogens (tertiary/aromatic N) is 4. The number of aryl methyl sites for hydroxylation is 2. The molecule has 0 atom stereocenters. The quantitative estimate of drug-likeness (QED) is 0.200. The van der Waals surface area contributed by atoms with Gasteiger partial charge in [0.05, 0.1) is 0 Å². The first kappa shape index (κ1) is 31.7. The normalized spacial score (nSPS) is 16.3. The van der Waals surface area contributed by atoms with Crippen LogP contribution in [0.25, 0.3) is 23.3 Å². The van der Waals surface area contributed by atoms with Gasteiger partial charge in [0.1, 0.15) is 35.4 Å². The number of halogens is 6. The lowest BCUT2D eigenvalue weighted by molar-refractivity contribution is -0.254. The molecule has 0 unspecified atom stereocenters. The predicted molar refractivity (Wildman–Crippen MR) is 146 cm³/mol. The summed E-state index contributed by atoms with van der Waals surface area (Å²) in [6.07, 6.45) is 4.52. The van der Waals surface area contributed by atoms with Crippen molar-refractivity contribution in [2.24, 2.45) is 0 Å². The number of thiophene rings is 2. The molecule has 3 rings (SSSR count). The standard InChI is InChI=1S/C29H22F6N4S2/c1-3-5-7-23-21(11-19(40-23)9-17(13-36)14-37)25-26(28(32,33)29(34,35)27(25,30)31)22-12-20(10-18(15-38)16-39)41-24(22)8-6-4-2/h9-12H,3-8H2,1-2H3. The minimum atomic E-state index is -5.76. The van der Waals surface area contributed by atoms with Crippen LogP contribution in [0.4, 0.5) is 26.3 Å². The highest BCUT2D eigenvalue weighted by Gasteiger charge is 2.80. The summed E-state index contributed by atoms with van der Waals surface area (Å²) in [5.41, 5.74) is -4.72. The van der Waals surface area contributed by atoms with Gasteiger partial charge in [-0.1, -0.05) is 26.7 Å². The highest BCUT2D eigenvalue weighted by molar-refractivity contribution is 7.13. The Morgan fingerprint density at radius 2 is 1.02 bits per heavy atom. The van der Waals surface area contributed by atoms with Crippen LogP contribution >= 0.6 is 22.7 Å². The van der Waals surface area contributed by atoms with Crippen molar-refractivity contribution in [3.8, 4) is 24.3 Å². The van der Waals surface area contributed by atoms with Crippen molar-refractivity contribution in [1.82, 2.24) is 0 Å². The summed E-state index contributed by atoms with van der Waals surface area (Å²) in [6, 6.07) is 8.62. The van der Waals surface area contributed by atoms with Gasteiger partial charge < -0.3 is 0 Å². The monoisotopic (exact) mass is 604 g/mol. The van der Waals surface area contributed by atoms with Crippen LogP contribution in [0.15, 0.2) is 23.3 Å². The molecule has 12 heteroatoms. The molecule has 0 fully saturated rings. The lowest BCUT2D eigenvalue weighted by atomic mass is 9.93. The first-order valence-electron chi connectivity index (χ1n) is 12.5. The molecule has 1 aliphatic rings. The minimum Gasteiger partial charge on any atom is -0.194 e. The molecule has 0 N–H and O–H groups in total. The van der Waals surface area contributed by atoms with Crippen LogP contribution in [0.2, 0.25) is 0 Å². The molecule has 41 heavy (non-hydrogen) atoms. The van der Waals surface area contributed by atoms with Gasteiger partial charge in [-0.15, -0.1) is 22.7 Å². The van der Waals surface area contributed by atoms with E-state index in [1.165, 1.54) is 0 Å². The highest BCUT2D eigenvalue weighted by Crippen LogP contribution is 2.66. The first-order chi connectivity index (χ1) is 19.3. The number of hydrogen-bond acceptors (Lipinski definition) is 6. The van der Waals surface area contributed by atoms with E-state index in [-0.39, 0.29) is 43.5 Å². The van der Waals surface area contributed by atoms with Crippen molar-refractivity contribution < 1.29 is 26.3 Å². The van der Waals surface area contributed by atoms with E-state index >= 15 is 26.3 Å². The van der Waals surface area contributed by atoms with Crippen LogP contribution in [0.5, 0.6) is 0 Å². The number of allylic oxidation sites excluding steroid dienone is 4. The fraction of sp³-hybridized carbons (Fsp3) is 0.379. The lowest BCUT2D eigenvalue weighted by Gasteiger charge is -2.26. The Balaban J connectivity index is 2.48. The Kier molecular flexibility index (Phi) is 9.54. The van der Waals surface area contributed by atoms with Crippen molar-refractivity contribution in [2.45, 2.75) is 70.1 Å². The van der Waals surface area contributed by atoms with Crippen molar-refractivity contribution in [3.63, 3.8) is 0 Å². The van der Waals surface area contributed by atoms with Crippen LogP contribution in [-0.4, -0.2) is 17.8 Å². The Morgan fingerprint density at radius 3 is 1.32 bits per heavy atom. The maximum Gasteiger partial charge on any atom is 0.380 e. The highest BCUT2D eigenvalue weighted by atomic mass is 32.1. The lowest BCUT2D eigenvalue weighted by Crippen LogP contribution is -2.49. The largest absolute Gasteiger partial charge is 0.380 e. The van der Waals surface area contributed by atoms with Crippen LogP contribution < -0.4 is 0 Å². The summed E-state index contributed by atoms with van der Waals surface area (Å²) in [7, 11) is 0. The van der Waals surface area contributed by atoms with Gasteiger partial charge in [0.25, 0.3) is 0 Å². The van der Waals surface area contributed by atoms with Crippen LogP contribution in [0.3, 0.4) is 0 Å². The third-order valence-electron chi connectivity index (χ3n) is 6.43. The molecule has 1 aliphatic carbocycles. The summed E-state index contributed by atoms with van der Waals surface area (Å²) in [5, 5.41) is 36.5. The van der Waals surface area contributed by atoms with Crippen LogP contribution in [0, 0.1) is 45.3 Å². The van der Waals surface area contributed by atoms with Gasteiger partial charge in [0.2, 0.25) is 0 Å². The fourth-order valence-electron chi connectivity index (χ4n) is 4.41. The van der Waals surface area contributed by atoms with Gasteiger partial charge in [-0.05, 0) is 61.1 Å². The van der Waals surface area contributed by atoms with E-state index < -0.39 is 40.0 Å². The zero-order chi connectivity index (χ0) is 30.6. The van der Waals surface area contributed by atoms with Gasteiger partial charge in [-0.2, -0.15) is 47.4 Å². The van der Waals surface area contributed by atoms with E-state index in [2.05, 4.69) is 0 Å². The predicted octanol–water partition coefficient (Wildman–Crippen LogP) is 9.19. The molecular formula is C29H22F6N4S2. The molecule has 4 nitrogen and oxygen atoms in total. The molecule has 0 bridgehead atoms. The number of alkyl halides is 6. The van der Waals surface area contributed by atoms with E-state index in [0.717, 1.165) is 47.0 Å². The van der Waals surface area contributed by atoms with Gasteiger partial charge in [-0.25, -0.2) is 0 Å². The molecule has 0 amide bonds. The molecule has 2 heterocycles. The molecule has 0 radical (unpaired) electrons. The number of nitriles is 4. The molecule has 0 saturated heterocycles. The summed E-state index contributed by atoms with van der Waals surface area (Å²) < 4.78 is 92.6. The Bertz CT molecular complexity index is 1450.